The third-order valence-corrected chi connectivity index (χ3v) is 6.13. The molecule has 1 amide bonds. The van der Waals surface area contributed by atoms with Crippen molar-refractivity contribution in [3.05, 3.63) is 53.8 Å². The Morgan fingerprint density at radius 2 is 1.76 bits per heavy atom. The fraction of sp³-hybridized carbons (Fsp3) is 0.389. The van der Waals surface area contributed by atoms with Gasteiger partial charge < -0.3 is 9.73 Å². The predicted octanol–water partition coefficient (Wildman–Crippen LogP) is 2.95. The van der Waals surface area contributed by atoms with E-state index in [2.05, 4.69) is 5.32 Å². The molecule has 0 spiro atoms. The maximum atomic E-state index is 12.6. The van der Waals surface area contributed by atoms with Crippen molar-refractivity contribution in [3.63, 3.8) is 0 Å². The summed E-state index contributed by atoms with van der Waals surface area (Å²) in [4.78, 5) is 12.3. The lowest BCUT2D eigenvalue weighted by atomic mass is 10.1. The molecule has 134 valence electrons. The van der Waals surface area contributed by atoms with E-state index in [4.69, 9.17) is 4.42 Å². The van der Waals surface area contributed by atoms with Crippen molar-refractivity contribution in [2.24, 2.45) is 0 Å². The fourth-order valence-corrected chi connectivity index (χ4v) is 4.33. The topological polar surface area (TPSA) is 79.6 Å². The standard InChI is InChI=1S/C18H22N2O4S/c1-14(15-8-4-2-5-9-15)19-18(21)16-10-11-17(24-16)25(22,23)20-12-6-3-7-13-20/h2,4-5,8-11,14H,3,6-7,12-13H2,1H3,(H,19,21). The van der Waals surface area contributed by atoms with Crippen molar-refractivity contribution in [1.82, 2.24) is 9.62 Å². The molecule has 0 bridgehead atoms. The van der Waals surface area contributed by atoms with Crippen LogP contribution in [0.3, 0.4) is 0 Å². The van der Waals surface area contributed by atoms with Crippen molar-refractivity contribution in [2.75, 3.05) is 13.1 Å². The van der Waals surface area contributed by atoms with Crippen LogP contribution < -0.4 is 5.32 Å². The van der Waals surface area contributed by atoms with Crippen molar-refractivity contribution < 1.29 is 17.6 Å². The largest absolute Gasteiger partial charge is 0.438 e. The smallest absolute Gasteiger partial charge is 0.287 e. The number of carbonyl (C=O) groups is 1. The molecule has 1 fully saturated rings. The number of carbonyl (C=O) groups excluding carboxylic acids is 1. The predicted molar refractivity (Wildman–Crippen MR) is 93.6 cm³/mol. The monoisotopic (exact) mass is 362 g/mol. The van der Waals surface area contributed by atoms with E-state index in [1.165, 1.54) is 16.4 Å². The van der Waals surface area contributed by atoms with Crippen LogP contribution in [0.2, 0.25) is 0 Å². The Kier molecular flexibility index (Phi) is 5.24. The Bertz CT molecular complexity index is 824. The van der Waals surface area contributed by atoms with Gasteiger partial charge in [0.25, 0.3) is 15.9 Å². The number of rotatable bonds is 5. The summed E-state index contributed by atoms with van der Waals surface area (Å²) in [5, 5.41) is 2.64. The molecule has 1 aromatic carbocycles. The highest BCUT2D eigenvalue weighted by Gasteiger charge is 2.29. The Balaban J connectivity index is 1.71. The SMILES string of the molecule is CC(NC(=O)c1ccc(S(=O)(=O)N2CCCCC2)o1)c1ccccc1. The molecule has 0 aliphatic carbocycles. The second-order valence-corrected chi connectivity index (χ2v) is 8.06. The molecule has 1 aliphatic rings. The molecule has 1 unspecified atom stereocenters. The van der Waals surface area contributed by atoms with Crippen LogP contribution >= 0.6 is 0 Å². The van der Waals surface area contributed by atoms with Gasteiger partial charge in [0.2, 0.25) is 5.09 Å². The molecule has 7 heteroatoms. The summed E-state index contributed by atoms with van der Waals surface area (Å²) in [6.07, 6.45) is 2.74. The molecule has 0 radical (unpaired) electrons. The molecule has 1 aromatic heterocycles. The van der Waals surface area contributed by atoms with Crippen LogP contribution in [-0.2, 0) is 10.0 Å². The third kappa shape index (κ3) is 3.93. The first kappa shape index (κ1) is 17.7. The van der Waals surface area contributed by atoms with E-state index in [1.807, 2.05) is 37.3 Å². The number of nitrogens with one attached hydrogen (secondary N) is 1. The van der Waals surface area contributed by atoms with Crippen LogP contribution in [-0.4, -0.2) is 31.7 Å². The van der Waals surface area contributed by atoms with Gasteiger partial charge in [0.05, 0.1) is 6.04 Å². The summed E-state index contributed by atoms with van der Waals surface area (Å²) in [6, 6.07) is 12.1. The quantitative estimate of drug-likeness (QED) is 0.887. The van der Waals surface area contributed by atoms with E-state index in [-0.39, 0.29) is 16.9 Å². The average Bonchev–Trinajstić information content (AvgIpc) is 3.14. The van der Waals surface area contributed by atoms with Gasteiger partial charge in [0, 0.05) is 13.1 Å². The van der Waals surface area contributed by atoms with Gasteiger partial charge in [0.15, 0.2) is 5.76 Å². The molecule has 1 atom stereocenters. The average molecular weight is 362 g/mol. The van der Waals surface area contributed by atoms with Crippen molar-refractivity contribution in [3.8, 4) is 0 Å². The molecule has 0 saturated carbocycles. The molecule has 6 nitrogen and oxygen atoms in total. The normalized spacial score (nSPS) is 17.2. The van der Waals surface area contributed by atoms with Crippen LogP contribution in [0, 0.1) is 0 Å². The van der Waals surface area contributed by atoms with Crippen LogP contribution in [0.5, 0.6) is 0 Å². The van der Waals surface area contributed by atoms with Gasteiger partial charge in [-0.05, 0) is 37.5 Å². The van der Waals surface area contributed by atoms with E-state index in [1.54, 1.807) is 0 Å². The molecular formula is C18H22N2O4S. The summed E-state index contributed by atoms with van der Waals surface area (Å²) in [5.74, 6) is -0.435. The highest BCUT2D eigenvalue weighted by Crippen LogP contribution is 2.23. The van der Waals surface area contributed by atoms with Gasteiger partial charge in [-0.15, -0.1) is 0 Å². The lowest BCUT2D eigenvalue weighted by Gasteiger charge is -2.24. The summed E-state index contributed by atoms with van der Waals surface area (Å²) in [5.41, 5.74) is 0.962. The Hall–Kier alpha value is -2.12. The minimum atomic E-state index is -3.67. The van der Waals surface area contributed by atoms with Gasteiger partial charge in [-0.2, -0.15) is 4.31 Å². The second kappa shape index (κ2) is 7.41. The van der Waals surface area contributed by atoms with Crippen LogP contribution in [0.4, 0.5) is 0 Å². The number of hydrogen-bond acceptors (Lipinski definition) is 4. The fourth-order valence-electron chi connectivity index (χ4n) is 2.91. The Morgan fingerprint density at radius 1 is 1.08 bits per heavy atom. The Morgan fingerprint density at radius 3 is 2.44 bits per heavy atom. The van der Waals surface area contributed by atoms with Gasteiger partial charge >= 0.3 is 0 Å². The Labute approximate surface area is 147 Å². The molecule has 1 saturated heterocycles. The number of amides is 1. The first-order valence-electron chi connectivity index (χ1n) is 8.44. The second-order valence-electron chi connectivity index (χ2n) is 6.19. The lowest BCUT2D eigenvalue weighted by Crippen LogP contribution is -2.35. The summed E-state index contributed by atoms with van der Waals surface area (Å²) >= 11 is 0. The first-order valence-corrected chi connectivity index (χ1v) is 9.88. The van der Waals surface area contributed by atoms with E-state index in [9.17, 15) is 13.2 Å². The first-order chi connectivity index (χ1) is 12.0. The van der Waals surface area contributed by atoms with Crippen LogP contribution in [0.1, 0.15) is 48.3 Å². The van der Waals surface area contributed by atoms with Crippen LogP contribution in [0.15, 0.2) is 52.0 Å². The van der Waals surface area contributed by atoms with E-state index in [0.717, 1.165) is 24.8 Å². The molecule has 2 heterocycles. The number of furan rings is 1. The van der Waals surface area contributed by atoms with Crippen molar-refractivity contribution in [2.45, 2.75) is 37.3 Å². The number of hydrogen-bond donors (Lipinski definition) is 1. The summed E-state index contributed by atoms with van der Waals surface area (Å²) in [7, 11) is -3.67. The van der Waals surface area contributed by atoms with Gasteiger partial charge in [-0.3, -0.25) is 4.79 Å². The molecule has 2 aromatic rings. The lowest BCUT2D eigenvalue weighted by molar-refractivity contribution is 0.0906. The minimum absolute atomic E-state index is 0.00151. The van der Waals surface area contributed by atoms with Gasteiger partial charge in [-0.25, -0.2) is 8.42 Å². The van der Waals surface area contributed by atoms with E-state index in [0.29, 0.717) is 13.1 Å². The number of benzene rings is 1. The van der Waals surface area contributed by atoms with Gasteiger partial charge in [0.1, 0.15) is 0 Å². The van der Waals surface area contributed by atoms with Crippen LogP contribution in [0.25, 0.3) is 0 Å². The zero-order valence-electron chi connectivity index (χ0n) is 14.1. The minimum Gasteiger partial charge on any atom is -0.438 e. The van der Waals surface area contributed by atoms with Gasteiger partial charge in [-0.1, -0.05) is 36.8 Å². The summed E-state index contributed by atoms with van der Waals surface area (Å²) < 4.78 is 31.9. The third-order valence-electron chi connectivity index (χ3n) is 4.36. The number of sulfonamides is 1. The van der Waals surface area contributed by atoms with E-state index < -0.39 is 15.9 Å². The van der Waals surface area contributed by atoms with Crippen molar-refractivity contribution >= 4 is 15.9 Å². The maximum absolute atomic E-state index is 12.6. The molecule has 1 aliphatic heterocycles. The molecule has 25 heavy (non-hydrogen) atoms. The summed E-state index contributed by atoms with van der Waals surface area (Å²) in [6.45, 7) is 2.85. The highest BCUT2D eigenvalue weighted by molar-refractivity contribution is 7.89. The zero-order chi connectivity index (χ0) is 17.9. The molecular weight excluding hydrogens is 340 g/mol. The number of piperidine rings is 1. The number of nitrogens with zero attached hydrogens (tertiary/aromatic N) is 1. The van der Waals surface area contributed by atoms with Crippen molar-refractivity contribution in [1.29, 1.82) is 0 Å². The van der Waals surface area contributed by atoms with E-state index >= 15 is 0 Å². The zero-order valence-corrected chi connectivity index (χ0v) is 15.0. The molecule has 1 N–H and O–H groups in total. The highest BCUT2D eigenvalue weighted by atomic mass is 32.2. The maximum Gasteiger partial charge on any atom is 0.287 e. The molecule has 3 rings (SSSR count).